The number of aromatic nitrogens is 3. The molecular weight excluding hydrogens is 773 g/mol. The number of thiophene rings is 1. The third-order valence-corrected chi connectivity index (χ3v) is 11.7. The highest BCUT2D eigenvalue weighted by atomic mass is 32.1. The Morgan fingerprint density at radius 3 is 2.64 bits per heavy atom. The van der Waals surface area contributed by atoms with Crippen LogP contribution in [0.3, 0.4) is 0 Å². The number of halogens is 8. The van der Waals surface area contributed by atoms with E-state index >= 15 is 30.7 Å². The van der Waals surface area contributed by atoms with Crippen molar-refractivity contribution in [2.75, 3.05) is 49.2 Å². The van der Waals surface area contributed by atoms with Crippen LogP contribution >= 0.6 is 11.3 Å². The zero-order valence-electron chi connectivity index (χ0n) is 29.1. The molecule has 0 spiro atoms. The predicted molar refractivity (Wildman–Crippen MR) is 192 cm³/mol. The molecule has 292 valence electrons. The molecule has 19 heteroatoms. The van der Waals surface area contributed by atoms with Gasteiger partial charge in [-0.25, -0.2) is 18.2 Å². The molecule has 4 N–H and O–H groups in total. The monoisotopic (exact) mass is 802 g/mol. The number of fused-ring (bicyclic) bond motifs is 2. The molecule has 2 fully saturated rings. The van der Waals surface area contributed by atoms with E-state index < -0.39 is 99.8 Å². The van der Waals surface area contributed by atoms with E-state index in [0.717, 1.165) is 23.5 Å². The summed E-state index contributed by atoms with van der Waals surface area (Å²) in [6.45, 7) is 2.55. The number of pyridine rings is 1. The van der Waals surface area contributed by atoms with E-state index in [9.17, 15) is 9.65 Å². The quantitative estimate of drug-likeness (QED) is 0.117. The molecule has 3 aliphatic rings. The number of rotatable bonds is 8. The van der Waals surface area contributed by atoms with Gasteiger partial charge in [0.2, 0.25) is 0 Å². The van der Waals surface area contributed by atoms with Crippen molar-refractivity contribution < 1.29 is 44.6 Å². The van der Waals surface area contributed by atoms with Gasteiger partial charge in [-0.3, -0.25) is 4.90 Å². The standard InChI is InChI=1S/C37H30F8N8O2S/c1-2-36(41,42)30(19-5-3-9-49-31(19)47)53-11-12-54-28-24-27(50-34(51-33(24)53)55-16-35-8-4-10-52(35)15-17(38)13-35)26(40)23(25(28)37(43,44)45)18-6-7-21(39)29-22(18)20(14-46)32(48)56-29/h2-3,5-7,9,17,30H,1,4,8,10-13,15-16,48H2,(H2,47,49)/t17-,30?,35+/m1/s1. The number of hydrogen-bond donors (Lipinski definition) is 2. The Balaban J connectivity index is 1.45. The number of nitrogens with zero attached hydrogens (tertiary/aromatic N) is 6. The minimum Gasteiger partial charge on any atom is -0.490 e. The van der Waals surface area contributed by atoms with Gasteiger partial charge in [0.25, 0.3) is 5.92 Å². The van der Waals surface area contributed by atoms with Crippen molar-refractivity contribution in [2.45, 2.75) is 49.1 Å². The van der Waals surface area contributed by atoms with Gasteiger partial charge in [-0.2, -0.15) is 37.2 Å². The topological polar surface area (TPSA) is 139 Å². The van der Waals surface area contributed by atoms with Gasteiger partial charge in [-0.1, -0.05) is 18.7 Å². The highest BCUT2D eigenvalue weighted by Crippen LogP contribution is 2.55. The minimum atomic E-state index is -5.41. The molecule has 56 heavy (non-hydrogen) atoms. The second-order valence-electron chi connectivity index (χ2n) is 13.9. The van der Waals surface area contributed by atoms with Gasteiger partial charge in [0.1, 0.15) is 70.8 Å². The second kappa shape index (κ2) is 13.3. The average Bonchev–Trinajstić information content (AvgIpc) is 3.76. The van der Waals surface area contributed by atoms with Crippen molar-refractivity contribution in [3.8, 4) is 29.0 Å². The maximum Gasteiger partial charge on any atom is 0.420 e. The summed E-state index contributed by atoms with van der Waals surface area (Å²) in [5.74, 6) is -8.39. The summed E-state index contributed by atoms with van der Waals surface area (Å²) < 4.78 is 138. The van der Waals surface area contributed by atoms with Gasteiger partial charge >= 0.3 is 12.2 Å². The molecule has 0 amide bonds. The minimum absolute atomic E-state index is 0.102. The van der Waals surface area contributed by atoms with Crippen LogP contribution in [0.25, 0.3) is 32.1 Å². The summed E-state index contributed by atoms with van der Waals surface area (Å²) in [6, 6.07) is 3.31. The first-order valence-electron chi connectivity index (χ1n) is 17.3. The molecule has 3 atom stereocenters. The van der Waals surface area contributed by atoms with E-state index in [2.05, 4.69) is 21.5 Å². The molecule has 2 saturated heterocycles. The molecule has 1 unspecified atom stereocenters. The first-order valence-corrected chi connectivity index (χ1v) is 18.1. The second-order valence-corrected chi connectivity index (χ2v) is 14.9. The lowest BCUT2D eigenvalue weighted by Gasteiger charge is -2.36. The number of nitrogen functional groups attached to an aromatic ring is 2. The number of benzene rings is 2. The van der Waals surface area contributed by atoms with Crippen molar-refractivity contribution in [2.24, 2.45) is 0 Å². The number of anilines is 3. The molecule has 0 radical (unpaired) electrons. The third kappa shape index (κ3) is 5.79. The Bertz CT molecular complexity index is 2470. The molecule has 10 nitrogen and oxygen atoms in total. The van der Waals surface area contributed by atoms with E-state index in [-0.39, 0.29) is 51.6 Å². The molecule has 8 rings (SSSR count). The van der Waals surface area contributed by atoms with Crippen LogP contribution in [0.1, 0.15) is 42.0 Å². The van der Waals surface area contributed by atoms with Crippen LogP contribution in [0.2, 0.25) is 0 Å². The lowest BCUT2D eigenvalue weighted by atomic mass is 9.91. The molecule has 3 aromatic heterocycles. The van der Waals surface area contributed by atoms with Crippen LogP contribution in [0.4, 0.5) is 51.8 Å². The Labute approximate surface area is 316 Å². The maximum atomic E-state index is 17.5. The van der Waals surface area contributed by atoms with E-state index in [0.29, 0.717) is 30.4 Å². The van der Waals surface area contributed by atoms with Crippen LogP contribution in [0.5, 0.6) is 11.8 Å². The van der Waals surface area contributed by atoms with E-state index in [1.807, 2.05) is 4.90 Å². The normalized spacial score (nSPS) is 20.5. The lowest BCUT2D eigenvalue weighted by molar-refractivity contribution is -0.138. The fraction of sp³-hybridized carbons (Fsp3) is 0.351. The molecular formula is C37H30F8N8O2S. The largest absolute Gasteiger partial charge is 0.490 e. The number of hydrogen-bond acceptors (Lipinski definition) is 11. The summed E-state index contributed by atoms with van der Waals surface area (Å²) in [7, 11) is 0. The Morgan fingerprint density at radius 2 is 1.93 bits per heavy atom. The van der Waals surface area contributed by atoms with Gasteiger partial charge in [-0.05, 0) is 43.2 Å². The fourth-order valence-electron chi connectivity index (χ4n) is 8.32. The first kappa shape index (κ1) is 37.4. The molecule has 6 heterocycles. The number of ether oxygens (including phenoxy) is 2. The van der Waals surface area contributed by atoms with E-state index in [1.54, 1.807) is 6.07 Å². The SMILES string of the molecule is C=CC(F)(F)C(c1cccnc1N)N1CCOc2c(C(F)(F)F)c(-c3ccc(F)c4sc(N)c(C#N)c34)c(F)c3nc(OC[C@@]45CCCN4C[C@H](F)C5)nc1c23. The van der Waals surface area contributed by atoms with Crippen LogP contribution in [0.15, 0.2) is 43.1 Å². The summed E-state index contributed by atoms with van der Waals surface area (Å²) in [4.78, 5) is 15.4. The Hall–Kier alpha value is -5.48. The van der Waals surface area contributed by atoms with E-state index in [1.165, 1.54) is 18.3 Å². The zero-order chi connectivity index (χ0) is 39.9. The lowest BCUT2D eigenvalue weighted by Crippen LogP contribution is -2.44. The molecule has 3 aliphatic heterocycles. The van der Waals surface area contributed by atoms with Crippen LogP contribution in [0, 0.1) is 23.0 Å². The van der Waals surface area contributed by atoms with Gasteiger partial charge in [0.15, 0.2) is 5.82 Å². The highest BCUT2D eigenvalue weighted by molar-refractivity contribution is 7.23. The fourth-order valence-corrected chi connectivity index (χ4v) is 9.27. The molecule has 0 bridgehead atoms. The molecule has 5 aromatic rings. The highest BCUT2D eigenvalue weighted by Gasteiger charge is 2.51. The van der Waals surface area contributed by atoms with Gasteiger partial charge in [0.05, 0.1) is 27.7 Å². The van der Waals surface area contributed by atoms with Crippen molar-refractivity contribution in [1.29, 1.82) is 5.26 Å². The Kier molecular flexibility index (Phi) is 8.91. The summed E-state index contributed by atoms with van der Waals surface area (Å²) >= 11 is 0.592. The van der Waals surface area contributed by atoms with E-state index in [4.69, 9.17) is 20.9 Å². The zero-order valence-corrected chi connectivity index (χ0v) is 29.9. The first-order chi connectivity index (χ1) is 26.6. The summed E-state index contributed by atoms with van der Waals surface area (Å²) in [5, 5.41) is 8.59. The van der Waals surface area contributed by atoms with Crippen molar-refractivity contribution >= 4 is 49.0 Å². The van der Waals surface area contributed by atoms with Crippen molar-refractivity contribution in [1.82, 2.24) is 19.9 Å². The smallest absolute Gasteiger partial charge is 0.420 e. The average molecular weight is 803 g/mol. The van der Waals surface area contributed by atoms with Crippen molar-refractivity contribution in [3.05, 3.63) is 71.4 Å². The number of nitrogens with two attached hydrogens (primary N) is 2. The predicted octanol–water partition coefficient (Wildman–Crippen LogP) is 7.96. The van der Waals surface area contributed by atoms with Crippen LogP contribution in [-0.2, 0) is 6.18 Å². The Morgan fingerprint density at radius 1 is 1.14 bits per heavy atom. The number of alkyl halides is 6. The van der Waals surface area contributed by atoms with Gasteiger partial charge in [-0.15, -0.1) is 11.3 Å². The summed E-state index contributed by atoms with van der Waals surface area (Å²) in [5.41, 5.74) is 6.39. The van der Waals surface area contributed by atoms with Crippen LogP contribution in [-0.4, -0.2) is 70.3 Å². The van der Waals surface area contributed by atoms with Gasteiger partial charge < -0.3 is 25.8 Å². The molecule has 2 aromatic carbocycles. The molecule has 0 saturated carbocycles. The van der Waals surface area contributed by atoms with Gasteiger partial charge in [0, 0.05) is 35.7 Å². The molecule has 0 aliphatic carbocycles. The third-order valence-electron chi connectivity index (χ3n) is 10.7. The maximum absolute atomic E-state index is 17.5. The summed E-state index contributed by atoms with van der Waals surface area (Å²) in [6.07, 6.45) is -3.63. The van der Waals surface area contributed by atoms with Crippen molar-refractivity contribution in [3.63, 3.8) is 0 Å². The number of nitriles is 1. The van der Waals surface area contributed by atoms with Crippen LogP contribution < -0.4 is 25.8 Å².